The van der Waals surface area contributed by atoms with Gasteiger partial charge in [0.2, 0.25) is 5.89 Å². The van der Waals surface area contributed by atoms with Crippen LogP contribution in [0.2, 0.25) is 10.2 Å². The second kappa shape index (κ2) is 7.39. The molecular formula is C20H13Cl2N3O2. The van der Waals surface area contributed by atoms with Gasteiger partial charge in [-0.1, -0.05) is 35.3 Å². The van der Waals surface area contributed by atoms with Gasteiger partial charge < -0.3 is 9.73 Å². The maximum absolute atomic E-state index is 12.4. The number of hydrogen-bond donors (Lipinski definition) is 1. The number of fused-ring (bicyclic) bond motifs is 1. The molecular weight excluding hydrogens is 385 g/mol. The first kappa shape index (κ1) is 17.5. The van der Waals surface area contributed by atoms with Gasteiger partial charge in [-0.3, -0.25) is 4.79 Å². The number of halogens is 2. The van der Waals surface area contributed by atoms with Crippen LogP contribution < -0.4 is 5.32 Å². The molecule has 0 spiro atoms. The van der Waals surface area contributed by atoms with E-state index in [0.29, 0.717) is 39.3 Å². The second-order valence-electron chi connectivity index (χ2n) is 5.88. The summed E-state index contributed by atoms with van der Waals surface area (Å²) in [6, 6.07) is 15.9. The number of carbonyl (C=O) groups is 1. The van der Waals surface area contributed by atoms with E-state index in [2.05, 4.69) is 15.3 Å². The largest absolute Gasteiger partial charge is 0.436 e. The summed E-state index contributed by atoms with van der Waals surface area (Å²) < 4.78 is 5.74. The van der Waals surface area contributed by atoms with Crippen LogP contribution in [-0.4, -0.2) is 15.9 Å². The lowest BCUT2D eigenvalue weighted by Gasteiger charge is -2.05. The lowest BCUT2D eigenvalue weighted by atomic mass is 10.2. The number of nitrogens with zero attached hydrogens (tertiary/aromatic N) is 2. The molecule has 1 N–H and O–H groups in total. The molecule has 0 aliphatic carbocycles. The number of oxazole rings is 1. The Balaban J connectivity index is 1.54. The monoisotopic (exact) mass is 397 g/mol. The number of pyridine rings is 1. The molecule has 0 fully saturated rings. The second-order valence-corrected chi connectivity index (χ2v) is 6.70. The van der Waals surface area contributed by atoms with Crippen molar-refractivity contribution in [2.75, 3.05) is 0 Å². The number of rotatable bonds is 4. The van der Waals surface area contributed by atoms with Gasteiger partial charge in [-0.15, -0.1) is 0 Å². The Morgan fingerprint density at radius 3 is 2.63 bits per heavy atom. The highest BCUT2D eigenvalue weighted by Crippen LogP contribution is 2.26. The van der Waals surface area contributed by atoms with Crippen molar-refractivity contribution >= 4 is 40.2 Å². The highest BCUT2D eigenvalue weighted by atomic mass is 35.5. The number of aromatic nitrogens is 2. The van der Waals surface area contributed by atoms with E-state index in [9.17, 15) is 4.79 Å². The molecule has 134 valence electrons. The summed E-state index contributed by atoms with van der Waals surface area (Å²) in [5, 5.41) is 3.90. The number of hydrogen-bond acceptors (Lipinski definition) is 4. The molecule has 0 unspecified atom stereocenters. The summed E-state index contributed by atoms with van der Waals surface area (Å²) in [6.45, 7) is 0.410. The molecule has 0 saturated carbocycles. The first-order valence-electron chi connectivity index (χ1n) is 8.14. The van der Waals surface area contributed by atoms with E-state index in [-0.39, 0.29) is 5.91 Å². The Morgan fingerprint density at radius 2 is 1.85 bits per heavy atom. The van der Waals surface area contributed by atoms with Gasteiger partial charge in [0, 0.05) is 28.9 Å². The zero-order valence-electron chi connectivity index (χ0n) is 13.9. The summed E-state index contributed by atoms with van der Waals surface area (Å²) in [4.78, 5) is 20.8. The van der Waals surface area contributed by atoms with Crippen molar-refractivity contribution < 1.29 is 9.21 Å². The third-order valence-electron chi connectivity index (χ3n) is 3.99. The number of carbonyl (C=O) groups excluding carboxylic acids is 1. The fraction of sp³-hybridized carbons (Fsp3) is 0.0500. The van der Waals surface area contributed by atoms with Crippen LogP contribution in [0.5, 0.6) is 0 Å². The first-order chi connectivity index (χ1) is 13.1. The van der Waals surface area contributed by atoms with E-state index in [1.807, 2.05) is 12.1 Å². The summed E-state index contributed by atoms with van der Waals surface area (Å²) in [6.07, 6.45) is 1.59. The first-order valence-corrected chi connectivity index (χ1v) is 8.89. The zero-order chi connectivity index (χ0) is 18.8. The van der Waals surface area contributed by atoms with E-state index < -0.39 is 0 Å². The van der Waals surface area contributed by atoms with Crippen LogP contribution in [0.25, 0.3) is 22.6 Å². The van der Waals surface area contributed by atoms with E-state index >= 15 is 0 Å². The standard InChI is InChI=1S/C20H13Cl2N3O2/c21-15-4-1-12(2-5-15)11-24-19(26)13-3-6-17-16(9-13)25-20(27-17)14-7-8-23-18(22)10-14/h1-10H,11H2,(H,24,26). The van der Waals surface area contributed by atoms with Crippen molar-refractivity contribution in [1.82, 2.24) is 15.3 Å². The Morgan fingerprint density at radius 1 is 1.04 bits per heavy atom. The zero-order valence-corrected chi connectivity index (χ0v) is 15.5. The molecule has 0 bridgehead atoms. The van der Waals surface area contributed by atoms with Crippen molar-refractivity contribution in [2.45, 2.75) is 6.54 Å². The fourth-order valence-electron chi connectivity index (χ4n) is 2.61. The number of amides is 1. The molecule has 0 aliphatic rings. The Labute approximate surface area is 165 Å². The van der Waals surface area contributed by atoms with Crippen LogP contribution >= 0.6 is 23.2 Å². The van der Waals surface area contributed by atoms with Crippen LogP contribution in [0.15, 0.2) is 65.2 Å². The topological polar surface area (TPSA) is 68.0 Å². The third-order valence-corrected chi connectivity index (χ3v) is 4.45. The molecule has 0 atom stereocenters. The van der Waals surface area contributed by atoms with E-state index in [4.69, 9.17) is 27.6 Å². The predicted octanol–water partition coefficient (Wildman–Crippen LogP) is 5.13. The normalized spacial score (nSPS) is 10.9. The van der Waals surface area contributed by atoms with Crippen LogP contribution in [0.4, 0.5) is 0 Å². The molecule has 5 nitrogen and oxygen atoms in total. The average molecular weight is 398 g/mol. The van der Waals surface area contributed by atoms with Crippen LogP contribution in [0, 0.1) is 0 Å². The minimum atomic E-state index is -0.191. The fourth-order valence-corrected chi connectivity index (χ4v) is 2.91. The van der Waals surface area contributed by atoms with Gasteiger partial charge in [0.05, 0.1) is 0 Å². The van der Waals surface area contributed by atoms with Gasteiger partial charge in [-0.2, -0.15) is 0 Å². The van der Waals surface area contributed by atoms with Gasteiger partial charge in [0.25, 0.3) is 5.91 Å². The van der Waals surface area contributed by atoms with Crippen molar-refractivity contribution in [3.05, 3.63) is 82.1 Å². The quantitative estimate of drug-likeness (QED) is 0.484. The van der Waals surface area contributed by atoms with Gasteiger partial charge in [-0.05, 0) is 48.0 Å². The van der Waals surface area contributed by atoms with Crippen LogP contribution in [0.3, 0.4) is 0 Å². The Bertz CT molecular complexity index is 1120. The Hall–Kier alpha value is -2.89. The average Bonchev–Trinajstić information content (AvgIpc) is 3.11. The Kier molecular flexibility index (Phi) is 4.79. The molecule has 4 aromatic rings. The number of benzene rings is 2. The van der Waals surface area contributed by atoms with Crippen molar-refractivity contribution in [3.8, 4) is 11.5 Å². The molecule has 0 aliphatic heterocycles. The summed E-state index contributed by atoms with van der Waals surface area (Å²) in [7, 11) is 0. The highest BCUT2D eigenvalue weighted by molar-refractivity contribution is 6.30. The molecule has 2 aromatic carbocycles. The number of nitrogens with one attached hydrogen (secondary N) is 1. The lowest BCUT2D eigenvalue weighted by molar-refractivity contribution is 0.0951. The minimum absolute atomic E-state index is 0.191. The maximum Gasteiger partial charge on any atom is 0.251 e. The van der Waals surface area contributed by atoms with Gasteiger partial charge in [0.15, 0.2) is 5.58 Å². The molecule has 27 heavy (non-hydrogen) atoms. The van der Waals surface area contributed by atoms with Gasteiger partial charge >= 0.3 is 0 Å². The maximum atomic E-state index is 12.4. The molecule has 0 saturated heterocycles. The minimum Gasteiger partial charge on any atom is -0.436 e. The van der Waals surface area contributed by atoms with Gasteiger partial charge in [-0.25, -0.2) is 9.97 Å². The van der Waals surface area contributed by atoms with Gasteiger partial charge in [0.1, 0.15) is 10.7 Å². The summed E-state index contributed by atoms with van der Waals surface area (Å²) >= 11 is 11.8. The molecule has 4 rings (SSSR count). The van der Waals surface area contributed by atoms with Crippen molar-refractivity contribution in [2.24, 2.45) is 0 Å². The van der Waals surface area contributed by atoms with Crippen molar-refractivity contribution in [1.29, 1.82) is 0 Å². The molecule has 0 radical (unpaired) electrons. The molecule has 2 heterocycles. The predicted molar refractivity (Wildman–Crippen MR) is 105 cm³/mol. The summed E-state index contributed by atoms with van der Waals surface area (Å²) in [5.74, 6) is 0.233. The van der Waals surface area contributed by atoms with E-state index in [1.165, 1.54) is 0 Å². The van der Waals surface area contributed by atoms with E-state index in [0.717, 1.165) is 11.1 Å². The SMILES string of the molecule is O=C(NCc1ccc(Cl)cc1)c1ccc2oc(-c3ccnc(Cl)c3)nc2c1. The molecule has 1 amide bonds. The molecule has 7 heteroatoms. The van der Waals surface area contributed by atoms with Crippen LogP contribution in [-0.2, 0) is 6.54 Å². The van der Waals surface area contributed by atoms with Crippen LogP contribution in [0.1, 0.15) is 15.9 Å². The van der Waals surface area contributed by atoms with E-state index in [1.54, 1.807) is 48.7 Å². The summed E-state index contributed by atoms with van der Waals surface area (Å²) in [5.41, 5.74) is 3.38. The van der Waals surface area contributed by atoms with Crippen molar-refractivity contribution in [3.63, 3.8) is 0 Å². The molecule has 2 aromatic heterocycles. The lowest BCUT2D eigenvalue weighted by Crippen LogP contribution is -2.22. The highest BCUT2D eigenvalue weighted by Gasteiger charge is 2.12. The third kappa shape index (κ3) is 3.94. The smallest absolute Gasteiger partial charge is 0.251 e.